The number of carbonyl (C=O) groups excluding carboxylic acids is 2. The van der Waals surface area contributed by atoms with Gasteiger partial charge in [-0.1, -0.05) is 46.4 Å². The number of anilines is 2. The van der Waals surface area contributed by atoms with Crippen LogP contribution in [0, 0.1) is 22.7 Å². The van der Waals surface area contributed by atoms with Gasteiger partial charge in [0.2, 0.25) is 0 Å². The second-order valence-corrected chi connectivity index (χ2v) is 16.2. The minimum atomic E-state index is -5.63. The quantitative estimate of drug-likeness (QED) is 0.110. The van der Waals surface area contributed by atoms with Gasteiger partial charge in [-0.25, -0.2) is 27.4 Å². The number of aromatic nitrogens is 4. The molecule has 63 heavy (non-hydrogen) atoms. The summed E-state index contributed by atoms with van der Waals surface area (Å²) >= 11 is 24.0. The summed E-state index contributed by atoms with van der Waals surface area (Å²) in [6, 6.07) is 3.56. The number of hydrogen-bond acceptors (Lipinski definition) is 10. The molecule has 2 atom stereocenters. The number of nitriles is 2. The van der Waals surface area contributed by atoms with E-state index in [0.717, 1.165) is 0 Å². The molecule has 2 unspecified atom stereocenters. The van der Waals surface area contributed by atoms with E-state index < -0.39 is 152 Å². The number of nitrogens with zero attached hydrogens (tertiary/aromatic N) is 8. The maximum absolute atomic E-state index is 13.8. The van der Waals surface area contributed by atoms with E-state index in [2.05, 4.69) is 10.2 Å². The van der Waals surface area contributed by atoms with E-state index in [4.69, 9.17) is 55.9 Å². The van der Waals surface area contributed by atoms with Gasteiger partial charge in [-0.3, -0.25) is 9.80 Å². The molecule has 14 nitrogen and oxygen atoms in total. The number of hydrogen-bond donors (Lipinski definition) is 0. The first-order chi connectivity index (χ1) is 28.9. The molecule has 2 amide bonds. The van der Waals surface area contributed by atoms with Crippen molar-refractivity contribution >= 4 is 91.8 Å². The molecule has 2 aromatic heterocycles. The normalized spacial score (nSPS) is 13.2. The molecule has 0 aliphatic carbocycles. The highest BCUT2D eigenvalue weighted by Crippen LogP contribution is 2.44. The zero-order valence-electron chi connectivity index (χ0n) is 30.3. The molecule has 4 rings (SSSR count). The molecule has 0 saturated carbocycles. The highest BCUT2D eigenvalue weighted by Gasteiger charge is 2.46. The van der Waals surface area contributed by atoms with Gasteiger partial charge in [0.05, 0.1) is 44.4 Å². The Morgan fingerprint density at radius 1 is 0.635 bits per heavy atom. The van der Waals surface area contributed by atoms with Crippen LogP contribution in [0.15, 0.2) is 34.1 Å². The van der Waals surface area contributed by atoms with Gasteiger partial charge in [0.15, 0.2) is 44.6 Å². The Morgan fingerprint density at radius 2 is 0.921 bits per heavy atom. The summed E-state index contributed by atoms with van der Waals surface area (Å²) in [6.45, 7) is -1.68. The number of halogens is 16. The lowest BCUT2D eigenvalue weighted by Gasteiger charge is -2.22. The van der Waals surface area contributed by atoms with Gasteiger partial charge in [0, 0.05) is 20.5 Å². The third-order valence-electron chi connectivity index (χ3n) is 7.68. The van der Waals surface area contributed by atoms with Crippen LogP contribution in [0.1, 0.15) is 28.9 Å². The molecule has 340 valence electrons. The Morgan fingerprint density at radius 3 is 1.16 bits per heavy atom. The highest BCUT2D eigenvalue weighted by molar-refractivity contribution is 7.86. The average molecular weight is 1030 g/mol. The molecule has 4 aromatic rings. The van der Waals surface area contributed by atoms with E-state index in [1.165, 1.54) is 12.1 Å². The predicted molar refractivity (Wildman–Crippen MR) is 196 cm³/mol. The van der Waals surface area contributed by atoms with Crippen LogP contribution in [0.3, 0.4) is 0 Å². The summed E-state index contributed by atoms with van der Waals surface area (Å²) in [4.78, 5) is 23.7. The Balaban J connectivity index is 1.63. The smallest absolute Gasteiger partial charge is 0.449 e. The molecule has 0 spiro atoms. The maximum atomic E-state index is 13.8. The van der Waals surface area contributed by atoms with Crippen molar-refractivity contribution in [3.05, 3.63) is 66.9 Å². The van der Waals surface area contributed by atoms with E-state index in [0.29, 0.717) is 14.1 Å². The zero-order chi connectivity index (χ0) is 47.9. The summed E-state index contributed by atoms with van der Waals surface area (Å²) < 4.78 is 198. The molecule has 0 aliphatic heterocycles. The molecular formula is C31H16Cl4F12N8O6S2. The topological polar surface area (TPSA) is 176 Å². The Bertz CT molecular complexity index is 2400. The Kier molecular flexibility index (Phi) is 15.0. The molecule has 0 saturated heterocycles. The van der Waals surface area contributed by atoms with Crippen molar-refractivity contribution in [1.29, 1.82) is 10.5 Å². The minimum Gasteiger partial charge on any atom is -0.449 e. The molecule has 32 heteroatoms. The number of rotatable bonds is 10. The number of carbonyl (C=O) groups is 2. The van der Waals surface area contributed by atoms with Crippen molar-refractivity contribution in [3.63, 3.8) is 0 Å². The lowest BCUT2D eigenvalue weighted by molar-refractivity contribution is -0.138. The van der Waals surface area contributed by atoms with Crippen LogP contribution in [-0.4, -0.2) is 78.5 Å². The second kappa shape index (κ2) is 18.6. The molecule has 0 fully saturated rings. The van der Waals surface area contributed by atoms with Crippen LogP contribution in [0.4, 0.5) is 73.9 Å². The maximum Gasteiger partial charge on any atom is 0.476 e. The first-order valence-electron chi connectivity index (χ1n) is 15.9. The first-order valence-corrected chi connectivity index (χ1v) is 19.7. The van der Waals surface area contributed by atoms with Crippen molar-refractivity contribution in [3.8, 4) is 23.5 Å². The third kappa shape index (κ3) is 10.7. The molecule has 0 aliphatic rings. The fourth-order valence-corrected chi connectivity index (χ4v) is 8.08. The summed E-state index contributed by atoms with van der Waals surface area (Å²) in [7, 11) is -6.95. The highest BCUT2D eigenvalue weighted by atomic mass is 35.5. The third-order valence-corrected chi connectivity index (χ3v) is 11.2. The van der Waals surface area contributed by atoms with Gasteiger partial charge in [-0.15, -0.1) is 0 Å². The monoisotopic (exact) mass is 1030 g/mol. The van der Waals surface area contributed by atoms with E-state index >= 15 is 0 Å². The van der Waals surface area contributed by atoms with E-state index in [1.807, 2.05) is 0 Å². The zero-order valence-corrected chi connectivity index (χ0v) is 35.0. The van der Waals surface area contributed by atoms with Crippen LogP contribution in [-0.2, 0) is 43.4 Å². The summed E-state index contributed by atoms with van der Waals surface area (Å²) in [5.41, 5.74) is -18.3. The van der Waals surface area contributed by atoms with Crippen molar-refractivity contribution in [2.24, 2.45) is 0 Å². The Hall–Kier alpha value is -5.00. The number of ether oxygens (including phenoxy) is 2. The fourth-order valence-electron chi connectivity index (χ4n) is 5.02. The number of alkyl halides is 12. The molecule has 0 N–H and O–H groups in total. The SMILES string of the molecule is CN(C(=O)OCCCOC(=O)N(C)c1c(S(=O)C(F)(F)F)c(C#N)nn1-c1c(Cl)cc(C(F)(F)F)cc1Cl)c1c(S(=O)C(F)(F)F)c(C#N)nn1-c1c(Cl)cc(C(F)(F)F)cc1Cl. The van der Waals surface area contributed by atoms with Gasteiger partial charge in [-0.2, -0.15) is 73.4 Å². The first kappa shape index (κ1) is 50.6. The summed E-state index contributed by atoms with van der Waals surface area (Å²) in [5, 5.41) is 22.5. The number of amides is 2. The van der Waals surface area contributed by atoms with Gasteiger partial charge >= 0.3 is 35.6 Å². The number of benzene rings is 2. The van der Waals surface area contributed by atoms with Crippen molar-refractivity contribution in [2.45, 2.75) is 39.6 Å². The predicted octanol–water partition coefficient (Wildman–Crippen LogP) is 9.94. The van der Waals surface area contributed by atoms with Gasteiger partial charge < -0.3 is 9.47 Å². The van der Waals surface area contributed by atoms with Crippen LogP contribution < -0.4 is 9.80 Å². The van der Waals surface area contributed by atoms with Gasteiger partial charge in [0.1, 0.15) is 33.3 Å². The van der Waals surface area contributed by atoms with Gasteiger partial charge in [-0.05, 0) is 24.3 Å². The minimum absolute atomic E-state index is 0.185. The van der Waals surface area contributed by atoms with E-state index in [1.54, 1.807) is 0 Å². The van der Waals surface area contributed by atoms with Crippen molar-refractivity contribution < 1.29 is 80.2 Å². The van der Waals surface area contributed by atoms with Gasteiger partial charge in [0.25, 0.3) is 0 Å². The largest absolute Gasteiger partial charge is 0.476 e. The summed E-state index contributed by atoms with van der Waals surface area (Å²) in [5.74, 6) is -2.37. The molecule has 0 radical (unpaired) electrons. The van der Waals surface area contributed by atoms with E-state index in [9.17, 15) is 81.2 Å². The lowest BCUT2D eigenvalue weighted by Crippen LogP contribution is -2.32. The van der Waals surface area contributed by atoms with Crippen molar-refractivity contribution in [2.75, 3.05) is 37.1 Å². The van der Waals surface area contributed by atoms with Crippen LogP contribution >= 0.6 is 46.4 Å². The molecular weight excluding hydrogens is 1010 g/mol. The Labute approximate surface area is 367 Å². The van der Waals surface area contributed by atoms with Crippen molar-refractivity contribution in [1.82, 2.24) is 19.6 Å². The van der Waals surface area contributed by atoms with Crippen LogP contribution in [0.25, 0.3) is 11.4 Å². The average Bonchev–Trinajstić information content (AvgIpc) is 3.72. The van der Waals surface area contributed by atoms with Crippen LogP contribution in [0.5, 0.6) is 0 Å². The standard InChI is InChI=1S/C31H16Cl4F12N8O6S2/c1-52(24-22(62(58)30(42,43)44)18(10-48)50-54(24)20-14(32)6-12(7-15(20)33)28(36,37)38)26(56)60-4-3-5-61-27(57)53(2)25-23(63(59)31(45,46)47)19(11-49)51-55(25)21-16(34)8-13(9-17(21)35)29(39,40)41/h6-9H,3-5H2,1-2H3. The molecule has 2 aromatic carbocycles. The molecule has 0 bridgehead atoms. The van der Waals surface area contributed by atoms with E-state index in [-0.39, 0.29) is 43.4 Å². The van der Waals surface area contributed by atoms with Crippen LogP contribution in [0.2, 0.25) is 20.1 Å². The summed E-state index contributed by atoms with van der Waals surface area (Å²) in [6.07, 6.45) is -13.9. The fraction of sp³-hybridized carbons (Fsp3) is 0.290. The lowest BCUT2D eigenvalue weighted by atomic mass is 10.2. The second-order valence-electron chi connectivity index (χ2n) is 11.8. The molecule has 2 heterocycles.